The summed E-state index contributed by atoms with van der Waals surface area (Å²) < 4.78 is 0. The molecule has 19 heavy (non-hydrogen) atoms. The third kappa shape index (κ3) is 4.00. The van der Waals surface area contributed by atoms with Crippen LogP contribution in [0.3, 0.4) is 0 Å². The maximum atomic E-state index is 6.38. The van der Waals surface area contributed by atoms with Crippen LogP contribution >= 0.6 is 23.4 Å². The molecule has 0 aliphatic heterocycles. The Labute approximate surface area is 124 Å². The van der Waals surface area contributed by atoms with Gasteiger partial charge in [-0.05, 0) is 30.2 Å². The van der Waals surface area contributed by atoms with Crippen LogP contribution in [0.15, 0.2) is 59.5 Å². The van der Waals surface area contributed by atoms with Crippen molar-refractivity contribution in [2.24, 2.45) is 5.73 Å². The standard InChI is InChI=1S/C16H18ClNS/c1-2-15(16(18)12-7-4-3-5-8-12)19-14-10-6-9-13(17)11-14/h3-11,15-16H,2,18H2,1H3. The van der Waals surface area contributed by atoms with Crippen LogP contribution in [0.25, 0.3) is 0 Å². The van der Waals surface area contributed by atoms with Crippen LogP contribution in [-0.2, 0) is 0 Å². The van der Waals surface area contributed by atoms with Gasteiger partial charge in [-0.2, -0.15) is 0 Å². The molecule has 2 N–H and O–H groups in total. The Morgan fingerprint density at radius 1 is 1.11 bits per heavy atom. The number of halogens is 1. The molecule has 0 amide bonds. The van der Waals surface area contributed by atoms with E-state index in [-0.39, 0.29) is 6.04 Å². The molecule has 0 bridgehead atoms. The van der Waals surface area contributed by atoms with Gasteiger partial charge < -0.3 is 5.73 Å². The molecule has 2 rings (SSSR count). The third-order valence-corrected chi connectivity index (χ3v) is 4.76. The van der Waals surface area contributed by atoms with Crippen LogP contribution < -0.4 is 5.73 Å². The first-order chi connectivity index (χ1) is 9.20. The van der Waals surface area contributed by atoms with E-state index in [0.717, 1.165) is 11.4 Å². The van der Waals surface area contributed by atoms with Gasteiger partial charge in [-0.15, -0.1) is 11.8 Å². The number of rotatable bonds is 5. The summed E-state index contributed by atoms with van der Waals surface area (Å²) >= 11 is 7.82. The van der Waals surface area contributed by atoms with Gasteiger partial charge in [0.2, 0.25) is 0 Å². The molecule has 0 heterocycles. The molecule has 3 heteroatoms. The second-order valence-electron chi connectivity index (χ2n) is 4.46. The first kappa shape index (κ1) is 14.4. The number of thioether (sulfide) groups is 1. The Bertz CT molecular complexity index is 515. The minimum atomic E-state index is 0.0372. The van der Waals surface area contributed by atoms with Crippen molar-refractivity contribution in [1.82, 2.24) is 0 Å². The number of hydrogen-bond acceptors (Lipinski definition) is 2. The van der Waals surface area contributed by atoms with Crippen LogP contribution in [0.2, 0.25) is 5.02 Å². The lowest BCUT2D eigenvalue weighted by Gasteiger charge is -2.22. The molecule has 0 radical (unpaired) electrons. The fourth-order valence-corrected chi connectivity index (χ4v) is 3.44. The quantitative estimate of drug-likeness (QED) is 0.792. The van der Waals surface area contributed by atoms with Crippen LogP contribution in [0.5, 0.6) is 0 Å². The van der Waals surface area contributed by atoms with Crippen molar-refractivity contribution < 1.29 is 0 Å². The molecule has 2 aromatic carbocycles. The zero-order valence-corrected chi connectivity index (χ0v) is 12.5. The average Bonchev–Trinajstić information content (AvgIpc) is 2.45. The van der Waals surface area contributed by atoms with Crippen molar-refractivity contribution in [3.8, 4) is 0 Å². The highest BCUT2D eigenvalue weighted by molar-refractivity contribution is 8.00. The van der Waals surface area contributed by atoms with E-state index in [0.29, 0.717) is 5.25 Å². The first-order valence-corrected chi connectivity index (χ1v) is 7.69. The van der Waals surface area contributed by atoms with Crippen LogP contribution in [0.1, 0.15) is 24.9 Å². The number of benzene rings is 2. The van der Waals surface area contributed by atoms with Gasteiger partial charge in [0.1, 0.15) is 0 Å². The molecule has 1 nitrogen and oxygen atoms in total. The fraction of sp³-hybridized carbons (Fsp3) is 0.250. The highest BCUT2D eigenvalue weighted by atomic mass is 35.5. The van der Waals surface area contributed by atoms with Gasteiger partial charge in [-0.25, -0.2) is 0 Å². The summed E-state index contributed by atoms with van der Waals surface area (Å²) in [6, 6.07) is 18.2. The molecule has 0 saturated carbocycles. The van der Waals surface area contributed by atoms with E-state index in [1.807, 2.05) is 36.4 Å². The van der Waals surface area contributed by atoms with Gasteiger partial charge in [0.05, 0.1) is 0 Å². The molecule has 0 saturated heterocycles. The van der Waals surface area contributed by atoms with Crippen molar-refractivity contribution in [3.63, 3.8) is 0 Å². The molecule has 2 unspecified atom stereocenters. The summed E-state index contributed by atoms with van der Waals surface area (Å²) in [6.45, 7) is 2.17. The molecule has 0 aliphatic rings. The zero-order chi connectivity index (χ0) is 13.7. The maximum absolute atomic E-state index is 6.38. The zero-order valence-electron chi connectivity index (χ0n) is 10.9. The molecule has 2 atom stereocenters. The molecule has 2 aromatic rings. The van der Waals surface area contributed by atoms with Crippen molar-refractivity contribution in [1.29, 1.82) is 0 Å². The first-order valence-electron chi connectivity index (χ1n) is 6.43. The van der Waals surface area contributed by atoms with Gasteiger partial charge in [-0.1, -0.05) is 54.9 Å². The van der Waals surface area contributed by atoms with Crippen LogP contribution in [0.4, 0.5) is 0 Å². The van der Waals surface area contributed by atoms with Gasteiger partial charge in [0.15, 0.2) is 0 Å². The Morgan fingerprint density at radius 3 is 2.47 bits per heavy atom. The van der Waals surface area contributed by atoms with Gasteiger partial charge in [-0.3, -0.25) is 0 Å². The summed E-state index contributed by atoms with van der Waals surface area (Å²) in [5, 5.41) is 1.12. The Morgan fingerprint density at radius 2 is 1.84 bits per heavy atom. The molecule has 0 aromatic heterocycles. The Kier molecular flexibility index (Phi) is 5.32. The molecular formula is C16H18ClNS. The number of hydrogen-bond donors (Lipinski definition) is 1. The third-order valence-electron chi connectivity index (χ3n) is 3.07. The van der Waals surface area contributed by atoms with Crippen molar-refractivity contribution in [2.75, 3.05) is 0 Å². The van der Waals surface area contributed by atoms with Crippen molar-refractivity contribution >= 4 is 23.4 Å². The van der Waals surface area contributed by atoms with E-state index in [4.69, 9.17) is 17.3 Å². The van der Waals surface area contributed by atoms with Crippen LogP contribution in [-0.4, -0.2) is 5.25 Å². The lowest BCUT2D eigenvalue weighted by atomic mass is 10.0. The minimum absolute atomic E-state index is 0.0372. The average molecular weight is 292 g/mol. The normalized spacial score (nSPS) is 14.1. The number of nitrogens with two attached hydrogens (primary N) is 1. The Balaban J connectivity index is 2.12. The summed E-state index contributed by atoms with van der Waals surface area (Å²) in [4.78, 5) is 1.17. The molecule has 100 valence electrons. The van der Waals surface area contributed by atoms with E-state index >= 15 is 0 Å². The van der Waals surface area contributed by atoms with E-state index in [1.54, 1.807) is 11.8 Å². The SMILES string of the molecule is CCC(Sc1cccc(Cl)c1)C(N)c1ccccc1. The summed E-state index contributed by atoms with van der Waals surface area (Å²) in [6.07, 6.45) is 1.02. The largest absolute Gasteiger partial charge is 0.323 e. The van der Waals surface area contributed by atoms with Crippen molar-refractivity contribution in [2.45, 2.75) is 29.5 Å². The Hall–Kier alpha value is -0.960. The summed E-state index contributed by atoms with van der Waals surface area (Å²) in [5.74, 6) is 0. The van der Waals surface area contributed by atoms with Gasteiger partial charge >= 0.3 is 0 Å². The molecule has 0 fully saturated rings. The second kappa shape index (κ2) is 6.99. The van der Waals surface area contributed by atoms with E-state index in [9.17, 15) is 0 Å². The highest BCUT2D eigenvalue weighted by Gasteiger charge is 2.18. The van der Waals surface area contributed by atoms with Crippen molar-refractivity contribution in [3.05, 3.63) is 65.2 Å². The second-order valence-corrected chi connectivity index (χ2v) is 6.21. The lowest BCUT2D eigenvalue weighted by molar-refractivity contribution is 0.656. The lowest BCUT2D eigenvalue weighted by Crippen LogP contribution is -2.23. The van der Waals surface area contributed by atoms with E-state index in [1.165, 1.54) is 10.5 Å². The molecular weight excluding hydrogens is 274 g/mol. The predicted octanol–water partition coefficient (Wildman–Crippen LogP) is 4.91. The predicted molar refractivity (Wildman–Crippen MR) is 84.8 cm³/mol. The van der Waals surface area contributed by atoms with E-state index in [2.05, 4.69) is 25.1 Å². The van der Waals surface area contributed by atoms with Crippen LogP contribution in [0, 0.1) is 0 Å². The topological polar surface area (TPSA) is 26.0 Å². The molecule has 0 spiro atoms. The minimum Gasteiger partial charge on any atom is -0.323 e. The monoisotopic (exact) mass is 291 g/mol. The van der Waals surface area contributed by atoms with Gasteiger partial charge in [0, 0.05) is 21.2 Å². The highest BCUT2D eigenvalue weighted by Crippen LogP contribution is 2.33. The maximum Gasteiger partial charge on any atom is 0.0418 e. The van der Waals surface area contributed by atoms with E-state index < -0.39 is 0 Å². The summed E-state index contributed by atoms with van der Waals surface area (Å²) in [7, 11) is 0. The fourth-order valence-electron chi connectivity index (χ4n) is 2.02. The van der Waals surface area contributed by atoms with Gasteiger partial charge in [0.25, 0.3) is 0 Å². The smallest absolute Gasteiger partial charge is 0.0418 e. The summed E-state index contributed by atoms with van der Waals surface area (Å²) in [5.41, 5.74) is 7.57. The molecule has 0 aliphatic carbocycles.